The minimum Gasteiger partial charge on any atom is -0.355 e. The Hall–Kier alpha value is -2.16. The summed E-state index contributed by atoms with van der Waals surface area (Å²) in [5.74, 6) is 6.33. The first-order valence-electron chi connectivity index (χ1n) is 7.12. The van der Waals surface area contributed by atoms with E-state index in [1.165, 1.54) is 0 Å². The number of rotatable bonds is 9. The van der Waals surface area contributed by atoms with Crippen LogP contribution in [0.3, 0.4) is 0 Å². The number of hydrogen-bond acceptors (Lipinski definition) is 8. The lowest BCUT2D eigenvalue weighted by molar-refractivity contribution is -0.119. The normalized spacial score (nSPS) is 10.1. The van der Waals surface area contributed by atoms with Crippen molar-refractivity contribution in [1.82, 2.24) is 20.3 Å². The maximum absolute atomic E-state index is 11.6. The van der Waals surface area contributed by atoms with Gasteiger partial charge in [-0.1, -0.05) is 6.92 Å². The molecule has 0 saturated heterocycles. The zero-order valence-electron chi connectivity index (χ0n) is 12.8. The van der Waals surface area contributed by atoms with E-state index in [1.807, 2.05) is 25.7 Å². The topological polar surface area (TPSA) is 121 Å². The predicted octanol–water partition coefficient (Wildman–Crippen LogP) is -0.0585. The van der Waals surface area contributed by atoms with Crippen molar-refractivity contribution in [3.8, 4) is 0 Å². The quantitative estimate of drug-likeness (QED) is 0.369. The number of carbonyl (C=O) groups is 1. The van der Waals surface area contributed by atoms with Gasteiger partial charge in [0.15, 0.2) is 0 Å². The van der Waals surface area contributed by atoms with Crippen LogP contribution in [0, 0.1) is 0 Å². The number of amides is 1. The number of hydrogen-bond donors (Lipinski definition) is 4. The fourth-order valence-electron chi connectivity index (χ4n) is 1.64. The highest BCUT2D eigenvalue weighted by molar-refractivity contribution is 5.80. The number of nitrogens with two attached hydrogens (primary N) is 1. The van der Waals surface area contributed by atoms with Crippen LogP contribution < -0.4 is 26.8 Å². The molecule has 0 spiro atoms. The maximum atomic E-state index is 11.6. The Balaban J connectivity index is 2.77. The van der Waals surface area contributed by atoms with Crippen molar-refractivity contribution < 1.29 is 4.79 Å². The van der Waals surface area contributed by atoms with Crippen LogP contribution in [0.25, 0.3) is 0 Å². The number of nitrogen functional groups attached to an aromatic ring is 1. The smallest absolute Gasteiger partial charge is 0.243 e. The molecule has 1 aromatic rings. The number of nitrogens with zero attached hydrogens (tertiary/aromatic N) is 4. The summed E-state index contributed by atoms with van der Waals surface area (Å²) in [7, 11) is 0. The highest BCUT2D eigenvalue weighted by Crippen LogP contribution is 2.12. The first-order chi connectivity index (χ1) is 10.1. The fraction of sp³-hybridized carbons (Fsp3) is 0.667. The monoisotopic (exact) mass is 296 g/mol. The first kappa shape index (κ1) is 16.9. The summed E-state index contributed by atoms with van der Waals surface area (Å²) < 4.78 is 0. The lowest BCUT2D eigenvalue weighted by atomic mass is 10.4. The number of aromatic nitrogens is 3. The summed E-state index contributed by atoms with van der Waals surface area (Å²) in [5, 5.41) is 5.64. The molecule has 0 fully saturated rings. The minimum absolute atomic E-state index is 0.103. The van der Waals surface area contributed by atoms with Gasteiger partial charge in [-0.2, -0.15) is 15.0 Å². The lowest BCUT2D eigenvalue weighted by Crippen LogP contribution is -2.31. The van der Waals surface area contributed by atoms with E-state index in [0.717, 1.165) is 19.5 Å². The van der Waals surface area contributed by atoms with Gasteiger partial charge in [0.1, 0.15) is 0 Å². The van der Waals surface area contributed by atoms with Crippen molar-refractivity contribution in [2.75, 3.05) is 41.8 Å². The molecule has 1 aromatic heterocycles. The van der Waals surface area contributed by atoms with E-state index in [1.54, 1.807) is 0 Å². The van der Waals surface area contributed by atoms with Crippen molar-refractivity contribution in [3.05, 3.63) is 0 Å². The van der Waals surface area contributed by atoms with Crippen LogP contribution >= 0.6 is 0 Å². The molecule has 0 atom stereocenters. The zero-order chi connectivity index (χ0) is 15.7. The highest BCUT2D eigenvalue weighted by atomic mass is 16.1. The molecule has 5 N–H and O–H groups in total. The third-order valence-corrected chi connectivity index (χ3v) is 2.78. The standard InChI is InChI=1S/C12H24N8O/c1-4-7-14-9(21)8-15-10-16-11(19-13)18-12(17-10)20(5-2)6-3/h4-8,13H2,1-3H3,(H,14,21)(H2,15,16,17,18,19). The Labute approximate surface area is 124 Å². The van der Waals surface area contributed by atoms with Gasteiger partial charge in [-0.05, 0) is 20.3 Å². The summed E-state index contributed by atoms with van der Waals surface area (Å²) in [6.07, 6.45) is 0.894. The Morgan fingerprint density at radius 1 is 1.14 bits per heavy atom. The Morgan fingerprint density at radius 3 is 2.38 bits per heavy atom. The molecule has 1 amide bonds. The van der Waals surface area contributed by atoms with Gasteiger partial charge in [-0.15, -0.1) is 0 Å². The Bertz CT molecular complexity index is 449. The molecule has 0 aliphatic rings. The Kier molecular flexibility index (Phi) is 7.16. The fourth-order valence-corrected chi connectivity index (χ4v) is 1.64. The molecule has 0 aromatic carbocycles. The van der Waals surface area contributed by atoms with Crippen LogP contribution in [0.4, 0.5) is 17.8 Å². The Morgan fingerprint density at radius 2 is 1.81 bits per heavy atom. The van der Waals surface area contributed by atoms with Gasteiger partial charge in [-0.25, -0.2) is 5.84 Å². The molecule has 21 heavy (non-hydrogen) atoms. The largest absolute Gasteiger partial charge is 0.355 e. The van der Waals surface area contributed by atoms with Gasteiger partial charge in [0.05, 0.1) is 6.54 Å². The molecular weight excluding hydrogens is 272 g/mol. The highest BCUT2D eigenvalue weighted by Gasteiger charge is 2.11. The SMILES string of the molecule is CCCNC(=O)CNc1nc(NN)nc(N(CC)CC)n1. The summed E-state index contributed by atoms with van der Waals surface area (Å²) in [4.78, 5) is 26.1. The number of nitrogens with one attached hydrogen (secondary N) is 3. The number of hydrazine groups is 1. The van der Waals surface area contributed by atoms with Crippen LogP contribution in [0.1, 0.15) is 27.2 Å². The van der Waals surface area contributed by atoms with Gasteiger partial charge < -0.3 is 15.5 Å². The van der Waals surface area contributed by atoms with Crippen LogP contribution in [0.2, 0.25) is 0 Å². The van der Waals surface area contributed by atoms with E-state index in [2.05, 4.69) is 31.0 Å². The van der Waals surface area contributed by atoms with Gasteiger partial charge in [0.2, 0.25) is 23.8 Å². The summed E-state index contributed by atoms with van der Waals surface area (Å²) in [5.41, 5.74) is 2.40. The van der Waals surface area contributed by atoms with Crippen LogP contribution in [-0.4, -0.2) is 47.0 Å². The molecule has 0 saturated carbocycles. The lowest BCUT2D eigenvalue weighted by Gasteiger charge is -2.19. The average molecular weight is 296 g/mol. The average Bonchev–Trinajstić information content (AvgIpc) is 2.51. The van der Waals surface area contributed by atoms with Crippen LogP contribution in [0.15, 0.2) is 0 Å². The molecule has 0 radical (unpaired) electrons. The van der Waals surface area contributed by atoms with E-state index in [0.29, 0.717) is 18.4 Å². The molecule has 0 aliphatic carbocycles. The van der Waals surface area contributed by atoms with E-state index in [4.69, 9.17) is 5.84 Å². The second-order valence-electron chi connectivity index (χ2n) is 4.30. The molecule has 118 valence electrons. The summed E-state index contributed by atoms with van der Waals surface area (Å²) in [6, 6.07) is 0. The van der Waals surface area contributed by atoms with Crippen molar-refractivity contribution >= 4 is 23.8 Å². The van der Waals surface area contributed by atoms with Gasteiger partial charge >= 0.3 is 0 Å². The zero-order valence-corrected chi connectivity index (χ0v) is 12.8. The summed E-state index contributed by atoms with van der Waals surface area (Å²) >= 11 is 0. The second-order valence-corrected chi connectivity index (χ2v) is 4.30. The number of carbonyl (C=O) groups excluding carboxylic acids is 1. The van der Waals surface area contributed by atoms with Crippen molar-refractivity contribution in [2.45, 2.75) is 27.2 Å². The van der Waals surface area contributed by atoms with E-state index < -0.39 is 0 Å². The van der Waals surface area contributed by atoms with Gasteiger partial charge in [-0.3, -0.25) is 10.2 Å². The molecule has 9 heteroatoms. The maximum Gasteiger partial charge on any atom is 0.243 e. The molecule has 9 nitrogen and oxygen atoms in total. The molecule has 1 rings (SSSR count). The van der Waals surface area contributed by atoms with E-state index in [-0.39, 0.29) is 18.4 Å². The van der Waals surface area contributed by atoms with Crippen LogP contribution in [-0.2, 0) is 4.79 Å². The van der Waals surface area contributed by atoms with Crippen LogP contribution in [0.5, 0.6) is 0 Å². The number of anilines is 3. The van der Waals surface area contributed by atoms with E-state index in [9.17, 15) is 4.79 Å². The molecule has 0 aliphatic heterocycles. The third-order valence-electron chi connectivity index (χ3n) is 2.78. The third kappa shape index (κ3) is 5.38. The van der Waals surface area contributed by atoms with Gasteiger partial charge in [0.25, 0.3) is 0 Å². The van der Waals surface area contributed by atoms with Crippen molar-refractivity contribution in [3.63, 3.8) is 0 Å². The summed E-state index contributed by atoms with van der Waals surface area (Å²) in [6.45, 7) is 8.29. The van der Waals surface area contributed by atoms with Crippen molar-refractivity contribution in [2.24, 2.45) is 5.84 Å². The molecule has 1 heterocycles. The van der Waals surface area contributed by atoms with Crippen molar-refractivity contribution in [1.29, 1.82) is 0 Å². The van der Waals surface area contributed by atoms with Gasteiger partial charge in [0, 0.05) is 19.6 Å². The molecular formula is C12H24N8O. The molecule has 0 unspecified atom stereocenters. The second kappa shape index (κ2) is 8.90. The van der Waals surface area contributed by atoms with E-state index >= 15 is 0 Å². The predicted molar refractivity (Wildman–Crippen MR) is 83.0 cm³/mol. The molecule has 0 bridgehead atoms. The minimum atomic E-state index is -0.107. The first-order valence-corrected chi connectivity index (χ1v) is 7.12.